The summed E-state index contributed by atoms with van der Waals surface area (Å²) in [6.45, 7) is 4.29. The summed E-state index contributed by atoms with van der Waals surface area (Å²) in [6.07, 6.45) is 2.53. The molecule has 1 amide bonds. The number of hydrogen-bond acceptors (Lipinski definition) is 2. The van der Waals surface area contributed by atoms with E-state index in [0.29, 0.717) is 11.7 Å². The zero-order chi connectivity index (χ0) is 13.0. The van der Waals surface area contributed by atoms with Gasteiger partial charge in [-0.3, -0.25) is 4.79 Å². The predicted molar refractivity (Wildman–Crippen MR) is 71.8 cm³/mol. The molecule has 0 aliphatic rings. The minimum absolute atomic E-state index is 0.212. The molecule has 1 atom stereocenters. The van der Waals surface area contributed by atoms with E-state index in [1.807, 2.05) is 24.3 Å². The normalized spacial score (nSPS) is 12.1. The van der Waals surface area contributed by atoms with E-state index in [1.165, 1.54) is 6.26 Å². The number of hydrogen-bond donors (Lipinski definition) is 1. The van der Waals surface area contributed by atoms with E-state index in [9.17, 15) is 4.79 Å². The summed E-state index contributed by atoms with van der Waals surface area (Å²) < 4.78 is 5.08. The van der Waals surface area contributed by atoms with E-state index in [-0.39, 0.29) is 5.91 Å². The summed E-state index contributed by atoms with van der Waals surface area (Å²) in [6, 6.07) is 11.2. The molecule has 0 spiro atoms. The van der Waals surface area contributed by atoms with Crippen molar-refractivity contribution < 1.29 is 9.21 Å². The van der Waals surface area contributed by atoms with Gasteiger partial charge in [0.05, 0.1) is 6.26 Å². The summed E-state index contributed by atoms with van der Waals surface area (Å²) in [5.41, 5.74) is 2.01. The van der Waals surface area contributed by atoms with Crippen molar-refractivity contribution in [1.29, 1.82) is 0 Å². The van der Waals surface area contributed by atoms with Gasteiger partial charge in [0.1, 0.15) is 0 Å². The van der Waals surface area contributed by atoms with Gasteiger partial charge in [-0.2, -0.15) is 0 Å². The average Bonchev–Trinajstić information content (AvgIpc) is 2.92. The molecule has 0 saturated carbocycles. The number of carbonyl (C=O) groups excluding carboxylic acids is 1. The van der Waals surface area contributed by atoms with E-state index < -0.39 is 0 Å². The molecule has 0 aliphatic heterocycles. The van der Waals surface area contributed by atoms with Gasteiger partial charge in [0.25, 0.3) is 5.91 Å². The van der Waals surface area contributed by atoms with Gasteiger partial charge in [-0.1, -0.05) is 32.0 Å². The van der Waals surface area contributed by atoms with Gasteiger partial charge < -0.3 is 9.73 Å². The number of benzene rings is 1. The van der Waals surface area contributed by atoms with Gasteiger partial charge in [0.15, 0.2) is 5.76 Å². The van der Waals surface area contributed by atoms with E-state index in [0.717, 1.165) is 17.7 Å². The van der Waals surface area contributed by atoms with Crippen molar-refractivity contribution in [2.45, 2.75) is 26.2 Å². The Morgan fingerprint density at radius 1 is 1.28 bits per heavy atom. The molecule has 2 rings (SSSR count). The average molecular weight is 243 g/mol. The molecule has 0 radical (unpaired) electrons. The van der Waals surface area contributed by atoms with Crippen molar-refractivity contribution in [2.24, 2.45) is 0 Å². The van der Waals surface area contributed by atoms with Crippen LogP contribution in [0.1, 0.15) is 42.3 Å². The van der Waals surface area contributed by atoms with Crippen LogP contribution in [0.4, 0.5) is 5.69 Å². The molecule has 94 valence electrons. The second-order valence-electron chi connectivity index (χ2n) is 4.33. The fourth-order valence-electron chi connectivity index (χ4n) is 1.85. The molecule has 0 unspecified atom stereocenters. The Balaban J connectivity index is 2.21. The summed E-state index contributed by atoms with van der Waals surface area (Å²) in [4.78, 5) is 11.9. The Morgan fingerprint density at radius 3 is 2.72 bits per heavy atom. The second kappa shape index (κ2) is 5.54. The minimum Gasteiger partial charge on any atom is -0.459 e. The Bertz CT molecular complexity index is 517. The molecule has 2 aromatic rings. The van der Waals surface area contributed by atoms with E-state index >= 15 is 0 Å². The lowest BCUT2D eigenvalue weighted by Crippen LogP contribution is -2.13. The third-order valence-electron chi connectivity index (χ3n) is 3.10. The molecule has 1 N–H and O–H groups in total. The summed E-state index contributed by atoms with van der Waals surface area (Å²) in [5, 5.41) is 2.90. The van der Waals surface area contributed by atoms with Gasteiger partial charge >= 0.3 is 0 Å². The van der Waals surface area contributed by atoms with Gasteiger partial charge in [-0.15, -0.1) is 0 Å². The highest BCUT2D eigenvalue weighted by atomic mass is 16.3. The predicted octanol–water partition coefficient (Wildman–Crippen LogP) is 4.05. The van der Waals surface area contributed by atoms with Crippen molar-refractivity contribution in [3.05, 3.63) is 54.0 Å². The number of carbonyl (C=O) groups is 1. The van der Waals surface area contributed by atoms with Crippen LogP contribution in [0, 0.1) is 0 Å². The Morgan fingerprint density at radius 2 is 2.06 bits per heavy atom. The Kier molecular flexibility index (Phi) is 3.82. The fourth-order valence-corrected chi connectivity index (χ4v) is 1.85. The highest BCUT2D eigenvalue weighted by molar-refractivity contribution is 6.02. The third kappa shape index (κ3) is 2.62. The summed E-state index contributed by atoms with van der Waals surface area (Å²) >= 11 is 0. The number of nitrogens with one attached hydrogen (secondary N) is 1. The number of anilines is 1. The smallest absolute Gasteiger partial charge is 0.291 e. The standard InChI is InChI=1S/C15H17NO2/c1-3-11(2)12-7-4-5-8-13(12)16-15(17)14-9-6-10-18-14/h4-11H,3H2,1-2H3,(H,16,17)/t11-/m1/s1. The highest BCUT2D eigenvalue weighted by Gasteiger charge is 2.13. The Hall–Kier alpha value is -2.03. The van der Waals surface area contributed by atoms with Crippen molar-refractivity contribution in [1.82, 2.24) is 0 Å². The molecule has 0 bridgehead atoms. The maximum absolute atomic E-state index is 11.9. The summed E-state index contributed by atoms with van der Waals surface area (Å²) in [7, 11) is 0. The highest BCUT2D eigenvalue weighted by Crippen LogP contribution is 2.26. The van der Waals surface area contributed by atoms with Crippen LogP contribution in [0.2, 0.25) is 0 Å². The van der Waals surface area contributed by atoms with Gasteiger partial charge in [-0.05, 0) is 36.1 Å². The fraction of sp³-hybridized carbons (Fsp3) is 0.267. The molecule has 0 aliphatic carbocycles. The van der Waals surface area contributed by atoms with Crippen molar-refractivity contribution in [2.75, 3.05) is 5.32 Å². The van der Waals surface area contributed by atoms with Crippen LogP contribution >= 0.6 is 0 Å². The molecule has 3 nitrogen and oxygen atoms in total. The van der Waals surface area contributed by atoms with Crippen LogP contribution in [-0.4, -0.2) is 5.91 Å². The molecule has 1 aromatic carbocycles. The third-order valence-corrected chi connectivity index (χ3v) is 3.10. The first-order chi connectivity index (χ1) is 8.72. The molecular formula is C15H17NO2. The molecular weight excluding hydrogens is 226 g/mol. The minimum atomic E-state index is -0.212. The van der Waals surface area contributed by atoms with E-state index in [2.05, 4.69) is 19.2 Å². The van der Waals surface area contributed by atoms with Crippen LogP contribution in [-0.2, 0) is 0 Å². The van der Waals surface area contributed by atoms with Crippen LogP contribution in [0.25, 0.3) is 0 Å². The lowest BCUT2D eigenvalue weighted by atomic mass is 9.97. The number of para-hydroxylation sites is 1. The topological polar surface area (TPSA) is 42.2 Å². The van der Waals surface area contributed by atoms with E-state index in [4.69, 9.17) is 4.42 Å². The maximum atomic E-state index is 11.9. The maximum Gasteiger partial charge on any atom is 0.291 e. The largest absolute Gasteiger partial charge is 0.459 e. The molecule has 0 fully saturated rings. The zero-order valence-corrected chi connectivity index (χ0v) is 10.6. The van der Waals surface area contributed by atoms with Crippen LogP contribution < -0.4 is 5.32 Å². The molecule has 1 aromatic heterocycles. The number of furan rings is 1. The first kappa shape index (κ1) is 12.4. The van der Waals surface area contributed by atoms with Gasteiger partial charge in [-0.25, -0.2) is 0 Å². The molecule has 1 heterocycles. The van der Waals surface area contributed by atoms with Gasteiger partial charge in [0.2, 0.25) is 0 Å². The van der Waals surface area contributed by atoms with Crippen LogP contribution in [0.15, 0.2) is 47.1 Å². The lowest BCUT2D eigenvalue weighted by molar-refractivity contribution is 0.0996. The Labute approximate surface area is 107 Å². The lowest BCUT2D eigenvalue weighted by Gasteiger charge is -2.14. The number of amides is 1. The molecule has 18 heavy (non-hydrogen) atoms. The first-order valence-electron chi connectivity index (χ1n) is 6.16. The SMILES string of the molecule is CC[C@@H](C)c1ccccc1NC(=O)c1ccco1. The first-order valence-corrected chi connectivity index (χ1v) is 6.16. The quantitative estimate of drug-likeness (QED) is 0.880. The zero-order valence-electron chi connectivity index (χ0n) is 10.6. The molecule has 0 saturated heterocycles. The van der Waals surface area contributed by atoms with Crippen LogP contribution in [0.3, 0.4) is 0 Å². The van der Waals surface area contributed by atoms with Crippen LogP contribution in [0.5, 0.6) is 0 Å². The van der Waals surface area contributed by atoms with Crippen molar-refractivity contribution in [3.63, 3.8) is 0 Å². The van der Waals surface area contributed by atoms with Crippen molar-refractivity contribution in [3.8, 4) is 0 Å². The monoisotopic (exact) mass is 243 g/mol. The number of rotatable bonds is 4. The van der Waals surface area contributed by atoms with Gasteiger partial charge in [0, 0.05) is 5.69 Å². The second-order valence-corrected chi connectivity index (χ2v) is 4.33. The van der Waals surface area contributed by atoms with Crippen molar-refractivity contribution >= 4 is 11.6 Å². The van der Waals surface area contributed by atoms with E-state index in [1.54, 1.807) is 12.1 Å². The summed E-state index contributed by atoms with van der Waals surface area (Å²) in [5.74, 6) is 0.530. The molecule has 3 heteroatoms.